The molecule has 0 fully saturated rings. The first-order valence-electron chi connectivity index (χ1n) is 7.78. The standard InChI is InChI=1S/C17H23O5P/c1-5-20-16(18)10-9-15-11-14-8-7-12(3)13(4)17(14)23(19,22-15)21-6-2/h7-10,15H,5-6,11H2,1-4H3/b10-9+. The highest BCUT2D eigenvalue weighted by atomic mass is 31.2. The van der Waals surface area contributed by atoms with Crippen LogP contribution in [-0.4, -0.2) is 25.3 Å². The molecular weight excluding hydrogens is 315 g/mol. The van der Waals surface area contributed by atoms with Crippen LogP contribution in [-0.2, 0) is 29.6 Å². The van der Waals surface area contributed by atoms with Gasteiger partial charge in [-0.1, -0.05) is 12.1 Å². The molecule has 0 aliphatic carbocycles. The van der Waals surface area contributed by atoms with Gasteiger partial charge in [0.25, 0.3) is 0 Å². The SMILES string of the molecule is CCOC(=O)/C=C/C1Cc2ccc(C)c(C)c2P(=O)(OCC)O1. The number of aryl methyl sites for hydroxylation is 1. The minimum atomic E-state index is -3.40. The Morgan fingerprint density at radius 1 is 1.35 bits per heavy atom. The van der Waals surface area contributed by atoms with Gasteiger partial charge in [0, 0.05) is 12.5 Å². The van der Waals surface area contributed by atoms with Crippen LogP contribution in [0.1, 0.15) is 30.5 Å². The van der Waals surface area contributed by atoms with Gasteiger partial charge in [0.15, 0.2) is 0 Å². The van der Waals surface area contributed by atoms with E-state index in [1.165, 1.54) is 6.08 Å². The van der Waals surface area contributed by atoms with Crippen molar-refractivity contribution in [2.24, 2.45) is 0 Å². The van der Waals surface area contributed by atoms with E-state index >= 15 is 0 Å². The van der Waals surface area contributed by atoms with Crippen molar-refractivity contribution in [1.29, 1.82) is 0 Å². The predicted molar refractivity (Wildman–Crippen MR) is 89.1 cm³/mol. The molecule has 0 amide bonds. The van der Waals surface area contributed by atoms with Crippen LogP contribution in [0.25, 0.3) is 0 Å². The quantitative estimate of drug-likeness (QED) is 0.469. The highest BCUT2D eigenvalue weighted by molar-refractivity contribution is 7.62. The van der Waals surface area contributed by atoms with Crippen LogP contribution in [0.2, 0.25) is 0 Å². The van der Waals surface area contributed by atoms with Crippen LogP contribution >= 0.6 is 7.60 Å². The fourth-order valence-electron chi connectivity index (χ4n) is 2.63. The minimum absolute atomic E-state index is 0.290. The summed E-state index contributed by atoms with van der Waals surface area (Å²) in [7, 11) is -3.40. The summed E-state index contributed by atoms with van der Waals surface area (Å²) >= 11 is 0. The summed E-state index contributed by atoms with van der Waals surface area (Å²) in [5.74, 6) is -0.437. The Morgan fingerprint density at radius 3 is 2.74 bits per heavy atom. The van der Waals surface area contributed by atoms with E-state index in [9.17, 15) is 9.36 Å². The molecule has 1 aromatic carbocycles. The first-order chi connectivity index (χ1) is 10.9. The molecule has 0 radical (unpaired) electrons. The number of hydrogen-bond donors (Lipinski definition) is 0. The maximum absolute atomic E-state index is 13.2. The van der Waals surface area contributed by atoms with Crippen LogP contribution < -0.4 is 5.30 Å². The van der Waals surface area contributed by atoms with Crippen molar-refractivity contribution < 1.29 is 23.1 Å². The molecule has 0 spiro atoms. The summed E-state index contributed by atoms with van der Waals surface area (Å²) in [4.78, 5) is 11.5. The summed E-state index contributed by atoms with van der Waals surface area (Å²) < 4.78 is 29.3. The Labute approximate surface area is 137 Å². The molecule has 1 aliphatic heterocycles. The van der Waals surface area contributed by atoms with Gasteiger partial charge in [-0.15, -0.1) is 0 Å². The van der Waals surface area contributed by atoms with Gasteiger partial charge < -0.3 is 9.26 Å². The van der Waals surface area contributed by atoms with Crippen molar-refractivity contribution in [2.75, 3.05) is 13.2 Å². The number of rotatable bonds is 5. The van der Waals surface area contributed by atoms with Crippen LogP contribution in [0.5, 0.6) is 0 Å². The largest absolute Gasteiger partial charge is 0.463 e. The number of carbonyl (C=O) groups excluding carboxylic acids is 1. The Kier molecular flexibility index (Phi) is 5.79. The highest BCUT2D eigenvalue weighted by Gasteiger charge is 2.39. The molecule has 0 bridgehead atoms. The van der Waals surface area contributed by atoms with Crippen LogP contribution in [0, 0.1) is 13.8 Å². The maximum atomic E-state index is 13.2. The molecule has 0 saturated heterocycles. The van der Waals surface area contributed by atoms with Gasteiger partial charge in [-0.2, -0.15) is 0 Å². The number of carbonyl (C=O) groups is 1. The van der Waals surface area contributed by atoms with Crippen molar-refractivity contribution in [1.82, 2.24) is 0 Å². The maximum Gasteiger partial charge on any atom is 0.362 e. The van der Waals surface area contributed by atoms with Crippen LogP contribution in [0.15, 0.2) is 24.3 Å². The molecule has 126 valence electrons. The zero-order valence-corrected chi connectivity index (χ0v) is 14.9. The molecule has 1 aromatic rings. The number of hydrogen-bond acceptors (Lipinski definition) is 5. The minimum Gasteiger partial charge on any atom is -0.463 e. The molecule has 2 rings (SSSR count). The van der Waals surface area contributed by atoms with Gasteiger partial charge >= 0.3 is 13.6 Å². The fourth-order valence-corrected chi connectivity index (χ4v) is 4.87. The average Bonchev–Trinajstić information content (AvgIpc) is 2.49. The lowest BCUT2D eigenvalue weighted by Gasteiger charge is -2.31. The van der Waals surface area contributed by atoms with Crippen LogP contribution in [0.3, 0.4) is 0 Å². The van der Waals surface area contributed by atoms with Crippen molar-refractivity contribution in [3.8, 4) is 0 Å². The molecule has 23 heavy (non-hydrogen) atoms. The first-order valence-corrected chi connectivity index (χ1v) is 9.33. The molecule has 0 saturated carbocycles. The van der Waals surface area contributed by atoms with Crippen LogP contribution in [0.4, 0.5) is 0 Å². The van der Waals surface area contributed by atoms with E-state index in [0.29, 0.717) is 24.9 Å². The smallest absolute Gasteiger partial charge is 0.362 e. The third-order valence-corrected chi connectivity index (χ3v) is 6.10. The molecule has 6 heteroatoms. The summed E-state index contributed by atoms with van der Waals surface area (Å²) in [5, 5.41) is 0.667. The molecule has 0 aromatic heterocycles. The van der Waals surface area contributed by atoms with E-state index in [1.807, 2.05) is 26.0 Å². The lowest BCUT2D eigenvalue weighted by molar-refractivity contribution is -0.137. The Balaban J connectivity index is 2.36. The van der Waals surface area contributed by atoms with E-state index in [4.69, 9.17) is 13.8 Å². The Morgan fingerprint density at radius 2 is 2.09 bits per heavy atom. The first kappa shape index (κ1) is 17.9. The summed E-state index contributed by atoms with van der Waals surface area (Å²) in [5.41, 5.74) is 2.93. The molecule has 1 heterocycles. The Bertz CT molecular complexity index is 665. The molecule has 2 unspecified atom stereocenters. The van der Waals surface area contributed by atoms with Crippen molar-refractivity contribution >= 4 is 18.9 Å². The third kappa shape index (κ3) is 3.92. The molecule has 5 nitrogen and oxygen atoms in total. The second kappa shape index (κ2) is 7.43. The zero-order chi connectivity index (χ0) is 17.0. The number of benzene rings is 1. The van der Waals surface area contributed by atoms with E-state index < -0.39 is 19.7 Å². The van der Waals surface area contributed by atoms with Crippen molar-refractivity contribution in [2.45, 2.75) is 40.2 Å². The summed E-state index contributed by atoms with van der Waals surface area (Å²) in [6, 6.07) is 3.96. The average molecular weight is 338 g/mol. The van der Waals surface area contributed by atoms with E-state index in [2.05, 4.69) is 0 Å². The van der Waals surface area contributed by atoms with E-state index in [1.54, 1.807) is 19.9 Å². The number of ether oxygens (including phenoxy) is 1. The second-order valence-corrected chi connectivity index (χ2v) is 7.30. The lowest BCUT2D eigenvalue weighted by atomic mass is 10.0. The van der Waals surface area contributed by atoms with Gasteiger partial charge in [-0.25, -0.2) is 4.79 Å². The molecule has 1 aliphatic rings. The lowest BCUT2D eigenvalue weighted by Crippen LogP contribution is -2.30. The third-order valence-electron chi connectivity index (χ3n) is 3.79. The van der Waals surface area contributed by atoms with Gasteiger partial charge in [-0.3, -0.25) is 9.09 Å². The molecular formula is C17H23O5P. The van der Waals surface area contributed by atoms with Gasteiger partial charge in [0.2, 0.25) is 0 Å². The topological polar surface area (TPSA) is 61.8 Å². The van der Waals surface area contributed by atoms with E-state index in [-0.39, 0.29) is 0 Å². The summed E-state index contributed by atoms with van der Waals surface area (Å²) in [6.45, 7) is 8.03. The number of fused-ring (bicyclic) bond motifs is 1. The molecule has 2 atom stereocenters. The van der Waals surface area contributed by atoms with Crippen molar-refractivity contribution in [3.63, 3.8) is 0 Å². The Hall–Kier alpha value is -1.42. The highest BCUT2D eigenvalue weighted by Crippen LogP contribution is 2.53. The number of esters is 1. The monoisotopic (exact) mass is 338 g/mol. The second-order valence-electron chi connectivity index (χ2n) is 5.39. The normalized spacial score (nSPS) is 23.7. The zero-order valence-electron chi connectivity index (χ0n) is 14.0. The van der Waals surface area contributed by atoms with Gasteiger partial charge in [0.1, 0.15) is 0 Å². The van der Waals surface area contributed by atoms with Gasteiger partial charge in [-0.05, 0) is 50.5 Å². The van der Waals surface area contributed by atoms with Gasteiger partial charge in [0.05, 0.1) is 24.6 Å². The molecule has 0 N–H and O–H groups in total. The summed E-state index contributed by atoms with van der Waals surface area (Å²) in [6.07, 6.45) is 2.97. The van der Waals surface area contributed by atoms with Crippen molar-refractivity contribution in [3.05, 3.63) is 41.0 Å². The fraction of sp³-hybridized carbons (Fsp3) is 0.471. The van der Waals surface area contributed by atoms with E-state index in [0.717, 1.165) is 16.7 Å². The predicted octanol–water partition coefficient (Wildman–Crippen LogP) is 3.22.